The average Bonchev–Trinajstić information content (AvgIpc) is 2.75. The average molecular weight is 267 g/mol. The molecule has 2 saturated heterocycles. The molecule has 3 fully saturated rings. The highest BCUT2D eigenvalue weighted by Crippen LogP contribution is 2.42. The van der Waals surface area contributed by atoms with Gasteiger partial charge in [-0.1, -0.05) is 19.3 Å². The maximum absolute atomic E-state index is 6.09. The molecule has 0 amide bonds. The van der Waals surface area contributed by atoms with Crippen molar-refractivity contribution in [1.82, 2.24) is 5.32 Å². The van der Waals surface area contributed by atoms with E-state index >= 15 is 0 Å². The first-order chi connectivity index (χ1) is 9.31. The van der Waals surface area contributed by atoms with Crippen LogP contribution in [0.5, 0.6) is 0 Å². The van der Waals surface area contributed by atoms with Crippen molar-refractivity contribution in [1.29, 1.82) is 0 Å². The molecule has 0 aromatic rings. The van der Waals surface area contributed by atoms with Crippen molar-refractivity contribution in [3.05, 3.63) is 0 Å². The summed E-state index contributed by atoms with van der Waals surface area (Å²) in [5.41, 5.74) is 0.0877. The molecule has 3 heteroatoms. The Labute approximate surface area is 117 Å². The molecule has 19 heavy (non-hydrogen) atoms. The van der Waals surface area contributed by atoms with Crippen LogP contribution in [0.25, 0.3) is 0 Å². The number of nitrogens with one attached hydrogen (secondary N) is 1. The molecule has 2 heterocycles. The summed E-state index contributed by atoms with van der Waals surface area (Å²) in [4.78, 5) is 0. The van der Waals surface area contributed by atoms with Crippen molar-refractivity contribution in [2.45, 2.75) is 63.0 Å². The zero-order valence-electron chi connectivity index (χ0n) is 12.3. The van der Waals surface area contributed by atoms with Crippen LogP contribution in [0.3, 0.4) is 0 Å². The third-order valence-electron chi connectivity index (χ3n) is 5.64. The molecule has 0 aromatic carbocycles. The van der Waals surface area contributed by atoms with E-state index in [1.54, 1.807) is 0 Å². The van der Waals surface area contributed by atoms with Crippen LogP contribution in [0.15, 0.2) is 0 Å². The maximum atomic E-state index is 6.09. The topological polar surface area (TPSA) is 30.5 Å². The van der Waals surface area contributed by atoms with Gasteiger partial charge in [0.05, 0.1) is 12.2 Å². The molecule has 4 unspecified atom stereocenters. The minimum absolute atomic E-state index is 0.0877. The quantitative estimate of drug-likeness (QED) is 0.780. The van der Waals surface area contributed by atoms with E-state index in [1.807, 2.05) is 0 Å². The molecule has 1 N–H and O–H groups in total. The zero-order chi connectivity index (χ0) is 13.1. The highest BCUT2D eigenvalue weighted by molar-refractivity contribution is 4.93. The maximum Gasteiger partial charge on any atom is 0.0939 e. The summed E-state index contributed by atoms with van der Waals surface area (Å²) in [6.07, 6.45) is 10.6. The SMILES string of the molecule is CNC1CCCCC(C2CCOC3(CCOC3)C2)C1. The van der Waals surface area contributed by atoms with Gasteiger partial charge in [0, 0.05) is 25.7 Å². The molecular formula is C16H29NO2. The van der Waals surface area contributed by atoms with E-state index in [2.05, 4.69) is 12.4 Å². The van der Waals surface area contributed by atoms with Crippen molar-refractivity contribution < 1.29 is 9.47 Å². The second-order valence-electron chi connectivity index (χ2n) is 6.85. The molecule has 3 nitrogen and oxygen atoms in total. The van der Waals surface area contributed by atoms with Gasteiger partial charge >= 0.3 is 0 Å². The Morgan fingerprint density at radius 2 is 1.95 bits per heavy atom. The molecule has 3 aliphatic rings. The van der Waals surface area contributed by atoms with Crippen LogP contribution < -0.4 is 5.32 Å². The van der Waals surface area contributed by atoms with E-state index in [9.17, 15) is 0 Å². The summed E-state index contributed by atoms with van der Waals surface area (Å²) in [6.45, 7) is 2.69. The first-order valence-electron chi connectivity index (χ1n) is 8.20. The first-order valence-corrected chi connectivity index (χ1v) is 8.20. The predicted octanol–water partition coefficient (Wildman–Crippen LogP) is 2.74. The third-order valence-corrected chi connectivity index (χ3v) is 5.64. The summed E-state index contributed by atoms with van der Waals surface area (Å²) in [5, 5.41) is 3.52. The Balaban J connectivity index is 1.63. The van der Waals surface area contributed by atoms with Gasteiger partial charge in [-0.05, 0) is 44.6 Å². The fourth-order valence-electron chi connectivity index (χ4n) is 4.42. The van der Waals surface area contributed by atoms with E-state index in [-0.39, 0.29) is 5.60 Å². The Bertz CT molecular complexity index is 288. The summed E-state index contributed by atoms with van der Waals surface area (Å²) in [5.74, 6) is 1.77. The smallest absolute Gasteiger partial charge is 0.0939 e. The van der Waals surface area contributed by atoms with Crippen LogP contribution in [0.2, 0.25) is 0 Å². The molecule has 3 rings (SSSR count). The largest absolute Gasteiger partial charge is 0.378 e. The van der Waals surface area contributed by atoms with Crippen molar-refractivity contribution in [3.8, 4) is 0 Å². The second kappa shape index (κ2) is 6.11. The summed E-state index contributed by atoms with van der Waals surface area (Å²) < 4.78 is 11.7. The molecule has 1 aliphatic carbocycles. The zero-order valence-corrected chi connectivity index (χ0v) is 12.3. The third kappa shape index (κ3) is 3.14. The van der Waals surface area contributed by atoms with Gasteiger partial charge in [0.2, 0.25) is 0 Å². The number of rotatable bonds is 2. The predicted molar refractivity (Wildman–Crippen MR) is 76.3 cm³/mol. The van der Waals surface area contributed by atoms with Crippen molar-refractivity contribution in [2.75, 3.05) is 26.9 Å². The molecular weight excluding hydrogens is 238 g/mol. The fourth-order valence-corrected chi connectivity index (χ4v) is 4.42. The molecule has 0 radical (unpaired) electrons. The van der Waals surface area contributed by atoms with Crippen molar-refractivity contribution in [3.63, 3.8) is 0 Å². The van der Waals surface area contributed by atoms with E-state index < -0.39 is 0 Å². The van der Waals surface area contributed by atoms with Gasteiger partial charge in [0.25, 0.3) is 0 Å². The fraction of sp³-hybridized carbons (Fsp3) is 1.00. The lowest BCUT2D eigenvalue weighted by Crippen LogP contribution is -2.43. The highest BCUT2D eigenvalue weighted by atomic mass is 16.6. The van der Waals surface area contributed by atoms with Gasteiger partial charge in [0.1, 0.15) is 0 Å². The monoisotopic (exact) mass is 267 g/mol. The van der Waals surface area contributed by atoms with Crippen LogP contribution in [0, 0.1) is 11.8 Å². The molecule has 1 spiro atoms. The van der Waals surface area contributed by atoms with Gasteiger partial charge < -0.3 is 14.8 Å². The second-order valence-corrected chi connectivity index (χ2v) is 6.85. The van der Waals surface area contributed by atoms with E-state index in [1.165, 1.54) is 44.9 Å². The van der Waals surface area contributed by atoms with Gasteiger partial charge in [-0.25, -0.2) is 0 Å². The van der Waals surface area contributed by atoms with Gasteiger partial charge in [-0.15, -0.1) is 0 Å². The molecule has 1 saturated carbocycles. The molecule has 4 atom stereocenters. The lowest BCUT2D eigenvalue weighted by atomic mass is 9.75. The van der Waals surface area contributed by atoms with Crippen LogP contribution >= 0.6 is 0 Å². The lowest BCUT2D eigenvalue weighted by molar-refractivity contribution is -0.107. The van der Waals surface area contributed by atoms with Crippen LogP contribution in [-0.4, -0.2) is 38.5 Å². The van der Waals surface area contributed by atoms with Gasteiger partial charge in [-0.2, -0.15) is 0 Å². The van der Waals surface area contributed by atoms with Gasteiger partial charge in [0.15, 0.2) is 0 Å². The van der Waals surface area contributed by atoms with E-state index in [0.717, 1.165) is 44.1 Å². The standard InChI is InChI=1S/C16H29NO2/c1-17-15-5-3-2-4-13(10-15)14-6-8-19-16(11-14)7-9-18-12-16/h13-15,17H,2-12H2,1H3. The minimum atomic E-state index is 0.0877. The number of hydrogen-bond donors (Lipinski definition) is 1. The molecule has 0 bridgehead atoms. The molecule has 0 aromatic heterocycles. The first kappa shape index (κ1) is 13.8. The summed E-state index contributed by atoms with van der Waals surface area (Å²) >= 11 is 0. The van der Waals surface area contributed by atoms with Crippen LogP contribution in [0.4, 0.5) is 0 Å². The Kier molecular flexibility index (Phi) is 4.45. The summed E-state index contributed by atoms with van der Waals surface area (Å²) in [7, 11) is 2.13. The van der Waals surface area contributed by atoms with E-state index in [4.69, 9.17) is 9.47 Å². The lowest BCUT2D eigenvalue weighted by Gasteiger charge is -2.40. The summed E-state index contributed by atoms with van der Waals surface area (Å²) in [6, 6.07) is 0.742. The Morgan fingerprint density at radius 3 is 2.74 bits per heavy atom. The minimum Gasteiger partial charge on any atom is -0.378 e. The number of hydrogen-bond acceptors (Lipinski definition) is 3. The molecule has 110 valence electrons. The van der Waals surface area contributed by atoms with Crippen molar-refractivity contribution >= 4 is 0 Å². The molecule has 2 aliphatic heterocycles. The Hall–Kier alpha value is -0.120. The highest BCUT2D eigenvalue weighted by Gasteiger charge is 2.43. The van der Waals surface area contributed by atoms with Crippen LogP contribution in [-0.2, 0) is 9.47 Å². The van der Waals surface area contributed by atoms with Crippen LogP contribution in [0.1, 0.15) is 51.4 Å². The Morgan fingerprint density at radius 1 is 1.05 bits per heavy atom. The van der Waals surface area contributed by atoms with Gasteiger partial charge in [-0.3, -0.25) is 0 Å². The van der Waals surface area contributed by atoms with E-state index in [0.29, 0.717) is 0 Å². The van der Waals surface area contributed by atoms with Crippen molar-refractivity contribution in [2.24, 2.45) is 11.8 Å². The number of ether oxygens (including phenoxy) is 2. The normalized spacial score (nSPS) is 44.4.